The van der Waals surface area contributed by atoms with Crippen LogP contribution in [0.25, 0.3) is 0 Å². The third kappa shape index (κ3) is 4.36. The Kier molecular flexibility index (Phi) is 6.67. The molecule has 0 radical (unpaired) electrons. The van der Waals surface area contributed by atoms with Gasteiger partial charge in [0, 0.05) is 36.6 Å². The lowest BCUT2D eigenvalue weighted by atomic mass is 9.97. The van der Waals surface area contributed by atoms with Gasteiger partial charge in [-0.25, -0.2) is 0 Å². The Morgan fingerprint density at radius 3 is 2.48 bits per heavy atom. The second-order valence-electron chi connectivity index (χ2n) is 7.72. The van der Waals surface area contributed by atoms with Gasteiger partial charge in [-0.3, -0.25) is 14.4 Å². The number of ether oxygens (including phenoxy) is 1. The molecule has 3 unspecified atom stereocenters. The quantitative estimate of drug-likeness (QED) is 0.721. The summed E-state index contributed by atoms with van der Waals surface area (Å²) in [6.07, 6.45) is 0.267. The third-order valence-corrected chi connectivity index (χ3v) is 6.83. The molecule has 4 rings (SSSR count). The van der Waals surface area contributed by atoms with Crippen LogP contribution in [0.1, 0.15) is 34.6 Å². The Morgan fingerprint density at radius 1 is 1.10 bits per heavy atom. The number of hydrogen-bond acceptors (Lipinski definition) is 6. The summed E-state index contributed by atoms with van der Waals surface area (Å²) >= 11 is 1.49. The zero-order valence-electron chi connectivity index (χ0n) is 17.5. The zero-order chi connectivity index (χ0) is 21.8. The van der Waals surface area contributed by atoms with E-state index >= 15 is 0 Å². The molecule has 31 heavy (non-hydrogen) atoms. The number of likely N-dealkylation sites (tertiary alicyclic amines) is 1. The van der Waals surface area contributed by atoms with Crippen LogP contribution in [0.5, 0.6) is 0 Å². The van der Waals surface area contributed by atoms with Crippen LogP contribution in [-0.2, 0) is 14.3 Å². The first kappa shape index (κ1) is 21.5. The van der Waals surface area contributed by atoms with Crippen LogP contribution in [0.3, 0.4) is 0 Å². The van der Waals surface area contributed by atoms with Gasteiger partial charge in [-0.2, -0.15) is 0 Å². The monoisotopic (exact) mass is 441 g/mol. The Hall–Kier alpha value is -2.71. The number of carbonyl (C=O) groups excluding carboxylic acids is 3. The average molecular weight is 442 g/mol. The van der Waals surface area contributed by atoms with Crippen molar-refractivity contribution in [2.24, 2.45) is 5.92 Å². The number of carbonyl (C=O) groups is 3. The number of piperazine rings is 1. The largest absolute Gasteiger partial charge is 0.466 e. The number of nitrogens with one attached hydrogen (secondary N) is 1. The number of rotatable bonds is 5. The molecular formula is C23H27N3O4S. The summed E-state index contributed by atoms with van der Waals surface area (Å²) in [5, 5.41) is 5.17. The van der Waals surface area contributed by atoms with E-state index in [9.17, 15) is 14.4 Å². The molecule has 1 N–H and O–H groups in total. The molecule has 8 heteroatoms. The van der Waals surface area contributed by atoms with Crippen molar-refractivity contribution < 1.29 is 19.1 Å². The number of esters is 1. The van der Waals surface area contributed by atoms with Crippen molar-refractivity contribution in [1.82, 2.24) is 15.1 Å². The van der Waals surface area contributed by atoms with Crippen LogP contribution in [0.15, 0.2) is 47.8 Å². The molecule has 0 aliphatic carbocycles. The highest BCUT2D eigenvalue weighted by Gasteiger charge is 2.52. The fourth-order valence-corrected chi connectivity index (χ4v) is 5.34. The smallest absolute Gasteiger partial charge is 0.311 e. The molecule has 2 fully saturated rings. The average Bonchev–Trinajstić information content (AvgIpc) is 3.47. The first-order valence-electron chi connectivity index (χ1n) is 10.7. The molecule has 0 saturated carbocycles. The van der Waals surface area contributed by atoms with Gasteiger partial charge < -0.3 is 19.9 Å². The zero-order valence-corrected chi connectivity index (χ0v) is 18.3. The molecule has 3 atom stereocenters. The number of thiophene rings is 1. The van der Waals surface area contributed by atoms with Gasteiger partial charge in [0.2, 0.25) is 5.91 Å². The van der Waals surface area contributed by atoms with E-state index in [0.29, 0.717) is 18.7 Å². The second-order valence-corrected chi connectivity index (χ2v) is 8.70. The first-order valence-corrected chi connectivity index (χ1v) is 11.6. The Balaban J connectivity index is 1.75. The number of hydrogen-bond donors (Lipinski definition) is 1. The van der Waals surface area contributed by atoms with Crippen LogP contribution < -0.4 is 5.32 Å². The van der Waals surface area contributed by atoms with Crippen molar-refractivity contribution in [2.75, 3.05) is 32.8 Å². The van der Waals surface area contributed by atoms with E-state index in [1.165, 1.54) is 11.3 Å². The van der Waals surface area contributed by atoms with E-state index in [1.54, 1.807) is 41.0 Å². The fraction of sp³-hybridized carbons (Fsp3) is 0.435. The summed E-state index contributed by atoms with van der Waals surface area (Å²) in [5.41, 5.74) is 0.506. The Bertz CT molecular complexity index is 912. The molecule has 2 aliphatic heterocycles. The minimum atomic E-state index is -0.702. The normalized spacial score (nSPS) is 23.6. The van der Waals surface area contributed by atoms with Gasteiger partial charge in [-0.1, -0.05) is 24.3 Å². The van der Waals surface area contributed by atoms with Crippen LogP contribution >= 0.6 is 11.3 Å². The van der Waals surface area contributed by atoms with Crippen molar-refractivity contribution in [1.29, 1.82) is 0 Å². The summed E-state index contributed by atoms with van der Waals surface area (Å²) in [6.45, 7) is 4.66. The van der Waals surface area contributed by atoms with Crippen LogP contribution in [0.4, 0.5) is 0 Å². The molecule has 7 nitrogen and oxygen atoms in total. The number of nitrogens with zero attached hydrogens (tertiary/aromatic N) is 2. The summed E-state index contributed by atoms with van der Waals surface area (Å²) in [4.78, 5) is 44.4. The summed E-state index contributed by atoms with van der Waals surface area (Å²) in [7, 11) is 0. The minimum Gasteiger partial charge on any atom is -0.466 e. The van der Waals surface area contributed by atoms with E-state index in [0.717, 1.165) is 18.0 Å². The van der Waals surface area contributed by atoms with E-state index in [4.69, 9.17) is 4.74 Å². The van der Waals surface area contributed by atoms with Gasteiger partial charge in [0.25, 0.3) is 5.91 Å². The highest BCUT2D eigenvalue weighted by atomic mass is 32.1. The SMILES string of the molecule is CCOC(=O)C1CC(C(=O)N2CCNCC2)N(C(=O)c2ccccc2)C1c1cccs1. The van der Waals surface area contributed by atoms with Crippen LogP contribution in [0.2, 0.25) is 0 Å². The molecule has 2 aliphatic rings. The Morgan fingerprint density at radius 2 is 1.84 bits per heavy atom. The molecular weight excluding hydrogens is 414 g/mol. The molecule has 1 aromatic heterocycles. The highest BCUT2D eigenvalue weighted by molar-refractivity contribution is 7.10. The lowest BCUT2D eigenvalue weighted by Crippen LogP contribution is -2.53. The highest BCUT2D eigenvalue weighted by Crippen LogP contribution is 2.44. The standard InChI is InChI=1S/C23H27N3O4S/c1-2-30-23(29)17-15-18(22(28)25-12-10-24-11-13-25)26(20(17)19-9-6-14-31-19)21(27)16-7-4-3-5-8-16/h3-9,14,17-18,20,24H,2,10-13,15H2,1H3. The van der Waals surface area contributed by atoms with E-state index in [2.05, 4.69) is 5.32 Å². The van der Waals surface area contributed by atoms with Crippen molar-refractivity contribution in [3.63, 3.8) is 0 Å². The van der Waals surface area contributed by atoms with Crippen molar-refractivity contribution in [2.45, 2.75) is 25.4 Å². The van der Waals surface area contributed by atoms with Crippen molar-refractivity contribution >= 4 is 29.1 Å². The second kappa shape index (κ2) is 9.62. The van der Waals surface area contributed by atoms with E-state index in [-0.39, 0.29) is 30.8 Å². The molecule has 2 saturated heterocycles. The lowest BCUT2D eigenvalue weighted by Gasteiger charge is -2.35. The van der Waals surface area contributed by atoms with E-state index < -0.39 is 18.0 Å². The molecule has 164 valence electrons. The molecule has 3 heterocycles. The minimum absolute atomic E-state index is 0.0980. The van der Waals surface area contributed by atoms with Gasteiger partial charge in [0.15, 0.2) is 0 Å². The molecule has 1 aromatic carbocycles. The first-order chi connectivity index (χ1) is 15.1. The van der Waals surface area contributed by atoms with Gasteiger partial charge in [0.1, 0.15) is 6.04 Å². The lowest BCUT2D eigenvalue weighted by molar-refractivity contribution is -0.148. The van der Waals surface area contributed by atoms with Crippen LogP contribution in [0, 0.1) is 5.92 Å². The van der Waals surface area contributed by atoms with Gasteiger partial charge in [-0.15, -0.1) is 11.3 Å². The summed E-state index contributed by atoms with van der Waals surface area (Å²) in [6, 6.07) is 11.6. The number of amides is 2. The molecule has 2 amide bonds. The van der Waals surface area contributed by atoms with Crippen molar-refractivity contribution in [3.8, 4) is 0 Å². The van der Waals surface area contributed by atoms with Crippen LogP contribution in [-0.4, -0.2) is 66.4 Å². The van der Waals surface area contributed by atoms with Crippen molar-refractivity contribution in [3.05, 3.63) is 58.3 Å². The maximum absolute atomic E-state index is 13.7. The summed E-state index contributed by atoms with van der Waals surface area (Å²) < 4.78 is 5.35. The maximum atomic E-state index is 13.7. The van der Waals surface area contributed by atoms with Gasteiger partial charge >= 0.3 is 5.97 Å². The molecule has 2 aromatic rings. The molecule has 0 spiro atoms. The molecule has 0 bridgehead atoms. The number of benzene rings is 1. The van der Waals surface area contributed by atoms with Gasteiger partial charge in [0.05, 0.1) is 18.6 Å². The maximum Gasteiger partial charge on any atom is 0.311 e. The fourth-order valence-electron chi connectivity index (χ4n) is 4.45. The van der Waals surface area contributed by atoms with E-state index in [1.807, 2.05) is 23.6 Å². The Labute approximate surface area is 186 Å². The predicted octanol–water partition coefficient (Wildman–Crippen LogP) is 2.32. The van der Waals surface area contributed by atoms with Gasteiger partial charge in [-0.05, 0) is 36.9 Å². The third-order valence-electron chi connectivity index (χ3n) is 5.89. The predicted molar refractivity (Wildman–Crippen MR) is 118 cm³/mol. The topological polar surface area (TPSA) is 79.0 Å². The summed E-state index contributed by atoms with van der Waals surface area (Å²) in [5.74, 6) is -1.27.